The summed E-state index contributed by atoms with van der Waals surface area (Å²) in [7, 11) is 0. The van der Waals surface area contributed by atoms with Crippen LogP contribution in [0.5, 0.6) is 0 Å². The molecule has 1 fully saturated rings. The predicted molar refractivity (Wildman–Crippen MR) is 73.0 cm³/mol. The van der Waals surface area contributed by atoms with Crippen LogP contribution in [-0.2, 0) is 0 Å². The molecule has 1 aliphatic carbocycles. The minimum Gasteiger partial charge on any atom is -0.476 e. The van der Waals surface area contributed by atoms with Gasteiger partial charge in [0, 0.05) is 15.4 Å². The van der Waals surface area contributed by atoms with E-state index in [1.165, 1.54) is 0 Å². The molecule has 1 N–H and O–H groups in total. The quantitative estimate of drug-likeness (QED) is 0.929. The summed E-state index contributed by atoms with van der Waals surface area (Å²) in [6.07, 6.45) is 1.93. The van der Waals surface area contributed by atoms with Crippen molar-refractivity contribution in [1.82, 2.24) is 15.0 Å². The Kier molecular flexibility index (Phi) is 3.06. The molecule has 3 rings (SSSR count). The van der Waals surface area contributed by atoms with Gasteiger partial charge in [-0.15, -0.1) is 5.10 Å². The second kappa shape index (κ2) is 4.61. The highest BCUT2D eigenvalue weighted by atomic mass is 79.9. The molecule has 0 aliphatic heterocycles. The molecule has 1 aliphatic rings. The molecule has 0 radical (unpaired) electrons. The van der Waals surface area contributed by atoms with Crippen molar-refractivity contribution >= 4 is 33.5 Å². The summed E-state index contributed by atoms with van der Waals surface area (Å²) in [4.78, 5) is 11.2. The smallest absolute Gasteiger partial charge is 0.358 e. The molecule has 1 aromatic heterocycles. The summed E-state index contributed by atoms with van der Waals surface area (Å²) in [5.41, 5.74) is 1.37. The van der Waals surface area contributed by atoms with Crippen LogP contribution in [0.2, 0.25) is 5.02 Å². The predicted octanol–water partition coefficient (Wildman–Crippen LogP) is 3.26. The molecule has 5 nitrogen and oxygen atoms in total. The molecule has 1 heterocycles. The molecule has 0 unspecified atom stereocenters. The average Bonchev–Trinajstić information content (AvgIpc) is 3.11. The van der Waals surface area contributed by atoms with Crippen LogP contribution in [0.25, 0.3) is 5.69 Å². The van der Waals surface area contributed by atoms with Crippen molar-refractivity contribution in [3.05, 3.63) is 39.1 Å². The van der Waals surface area contributed by atoms with E-state index in [4.69, 9.17) is 11.6 Å². The number of benzene rings is 1. The SMILES string of the molecule is O=C(O)c1nnn(-c2cc(Cl)ccc2Br)c1C1CC1. The fourth-order valence-corrected chi connectivity index (χ4v) is 2.57. The molecule has 0 amide bonds. The monoisotopic (exact) mass is 341 g/mol. The number of halogens is 2. The molecule has 0 spiro atoms. The van der Waals surface area contributed by atoms with E-state index in [9.17, 15) is 9.90 Å². The Morgan fingerprint density at radius 2 is 2.21 bits per heavy atom. The first-order valence-electron chi connectivity index (χ1n) is 5.72. The lowest BCUT2D eigenvalue weighted by Gasteiger charge is -2.08. The van der Waals surface area contributed by atoms with E-state index < -0.39 is 5.97 Å². The van der Waals surface area contributed by atoms with E-state index in [-0.39, 0.29) is 11.6 Å². The van der Waals surface area contributed by atoms with Crippen LogP contribution in [0.15, 0.2) is 22.7 Å². The normalized spacial score (nSPS) is 14.6. The number of rotatable bonds is 3. The van der Waals surface area contributed by atoms with Gasteiger partial charge in [0.1, 0.15) is 0 Å². The standard InChI is InChI=1S/C12H9BrClN3O2/c13-8-4-3-7(14)5-9(8)17-11(6-1-2-6)10(12(18)19)15-16-17/h3-6H,1-2H2,(H,18,19). The van der Waals surface area contributed by atoms with Gasteiger partial charge in [-0.2, -0.15) is 0 Å². The van der Waals surface area contributed by atoms with Crippen LogP contribution < -0.4 is 0 Å². The number of aromatic carboxylic acids is 1. The maximum atomic E-state index is 11.2. The molecule has 98 valence electrons. The Bertz CT molecular complexity index is 667. The highest BCUT2D eigenvalue weighted by Crippen LogP contribution is 2.42. The third-order valence-electron chi connectivity index (χ3n) is 3.01. The van der Waals surface area contributed by atoms with Gasteiger partial charge in [-0.05, 0) is 47.0 Å². The summed E-state index contributed by atoms with van der Waals surface area (Å²) in [5, 5.41) is 17.5. The number of carboxylic acid groups (broad SMARTS) is 1. The molecular formula is C12H9BrClN3O2. The summed E-state index contributed by atoms with van der Waals surface area (Å²) >= 11 is 9.41. The van der Waals surface area contributed by atoms with Crippen LogP contribution in [0, 0.1) is 0 Å². The Labute approximate surface area is 122 Å². The summed E-state index contributed by atoms with van der Waals surface area (Å²) in [5.74, 6) is -0.835. The number of hydrogen-bond donors (Lipinski definition) is 1. The van der Waals surface area contributed by atoms with Crippen LogP contribution in [0.3, 0.4) is 0 Å². The van der Waals surface area contributed by atoms with Gasteiger partial charge >= 0.3 is 5.97 Å². The molecule has 0 bridgehead atoms. The fourth-order valence-electron chi connectivity index (χ4n) is 1.99. The topological polar surface area (TPSA) is 68.0 Å². The third-order valence-corrected chi connectivity index (χ3v) is 3.91. The molecule has 0 saturated heterocycles. The van der Waals surface area contributed by atoms with Crippen molar-refractivity contribution in [3.8, 4) is 5.69 Å². The highest BCUT2D eigenvalue weighted by Gasteiger charge is 2.34. The second-order valence-corrected chi connectivity index (χ2v) is 5.70. The average molecular weight is 343 g/mol. The first-order valence-corrected chi connectivity index (χ1v) is 6.89. The van der Waals surface area contributed by atoms with E-state index in [1.807, 2.05) is 0 Å². The van der Waals surface area contributed by atoms with E-state index in [0.29, 0.717) is 16.4 Å². The van der Waals surface area contributed by atoms with Gasteiger partial charge < -0.3 is 5.11 Å². The van der Waals surface area contributed by atoms with E-state index in [1.54, 1.807) is 22.9 Å². The van der Waals surface area contributed by atoms with Gasteiger partial charge in [0.25, 0.3) is 0 Å². The van der Waals surface area contributed by atoms with Crippen LogP contribution in [-0.4, -0.2) is 26.1 Å². The zero-order valence-corrected chi connectivity index (χ0v) is 12.0. The molecule has 1 saturated carbocycles. The van der Waals surface area contributed by atoms with Crippen LogP contribution in [0.1, 0.15) is 34.9 Å². The maximum absolute atomic E-state index is 11.2. The van der Waals surface area contributed by atoms with Crippen LogP contribution >= 0.6 is 27.5 Å². The van der Waals surface area contributed by atoms with Gasteiger partial charge in [0.05, 0.1) is 11.4 Å². The number of carboxylic acids is 1. The van der Waals surface area contributed by atoms with Gasteiger partial charge in [0.15, 0.2) is 5.69 Å². The van der Waals surface area contributed by atoms with E-state index >= 15 is 0 Å². The second-order valence-electron chi connectivity index (χ2n) is 4.41. The molecule has 19 heavy (non-hydrogen) atoms. The van der Waals surface area contributed by atoms with Crippen molar-refractivity contribution in [1.29, 1.82) is 0 Å². The summed E-state index contributed by atoms with van der Waals surface area (Å²) in [6, 6.07) is 5.29. The Hall–Kier alpha value is -1.40. The zero-order chi connectivity index (χ0) is 13.6. The van der Waals surface area contributed by atoms with Crippen molar-refractivity contribution < 1.29 is 9.90 Å². The van der Waals surface area contributed by atoms with E-state index in [2.05, 4.69) is 26.2 Å². The largest absolute Gasteiger partial charge is 0.476 e. The third kappa shape index (κ3) is 2.26. The van der Waals surface area contributed by atoms with Crippen molar-refractivity contribution in [2.75, 3.05) is 0 Å². The molecule has 2 aromatic rings. The zero-order valence-electron chi connectivity index (χ0n) is 9.68. The van der Waals surface area contributed by atoms with Gasteiger partial charge in [-0.25, -0.2) is 9.48 Å². The van der Waals surface area contributed by atoms with Crippen molar-refractivity contribution in [2.45, 2.75) is 18.8 Å². The summed E-state index contributed by atoms with van der Waals surface area (Å²) in [6.45, 7) is 0. The van der Waals surface area contributed by atoms with Crippen molar-refractivity contribution in [3.63, 3.8) is 0 Å². The molecule has 1 aromatic carbocycles. The Morgan fingerprint density at radius 3 is 2.84 bits per heavy atom. The maximum Gasteiger partial charge on any atom is 0.358 e. The minimum atomic E-state index is -1.05. The van der Waals surface area contributed by atoms with E-state index in [0.717, 1.165) is 17.3 Å². The first kappa shape index (κ1) is 12.6. The molecular weight excluding hydrogens is 334 g/mol. The fraction of sp³-hybridized carbons (Fsp3) is 0.250. The summed E-state index contributed by atoms with van der Waals surface area (Å²) < 4.78 is 2.36. The molecule has 0 atom stereocenters. The number of hydrogen-bond acceptors (Lipinski definition) is 3. The first-order chi connectivity index (χ1) is 9.08. The number of aromatic nitrogens is 3. The van der Waals surface area contributed by atoms with Gasteiger partial charge in [-0.1, -0.05) is 16.8 Å². The Balaban J connectivity index is 2.20. The minimum absolute atomic E-state index is 0.0226. The number of nitrogens with zero attached hydrogens (tertiary/aromatic N) is 3. The Morgan fingerprint density at radius 1 is 1.47 bits per heavy atom. The van der Waals surface area contributed by atoms with Gasteiger partial charge in [-0.3, -0.25) is 0 Å². The van der Waals surface area contributed by atoms with Gasteiger partial charge in [0.2, 0.25) is 0 Å². The van der Waals surface area contributed by atoms with Crippen molar-refractivity contribution in [2.24, 2.45) is 0 Å². The molecule has 7 heteroatoms. The lowest BCUT2D eigenvalue weighted by Crippen LogP contribution is -2.06. The number of carbonyl (C=O) groups is 1. The highest BCUT2D eigenvalue weighted by molar-refractivity contribution is 9.10. The lowest BCUT2D eigenvalue weighted by atomic mass is 10.2. The lowest BCUT2D eigenvalue weighted by molar-refractivity contribution is 0.0689. The van der Waals surface area contributed by atoms with Crippen LogP contribution in [0.4, 0.5) is 0 Å².